The summed E-state index contributed by atoms with van der Waals surface area (Å²) in [5, 5.41) is 0. The molecule has 0 bridgehead atoms. The van der Waals surface area contributed by atoms with Crippen molar-refractivity contribution in [3.05, 3.63) is 16.1 Å². The predicted molar refractivity (Wildman–Crippen MR) is 47.1 cm³/mol. The van der Waals surface area contributed by atoms with Crippen LogP contribution < -0.4 is 5.73 Å². The van der Waals surface area contributed by atoms with Crippen molar-refractivity contribution in [3.63, 3.8) is 0 Å². The first-order valence-corrected chi connectivity index (χ1v) is 4.90. The van der Waals surface area contributed by atoms with Crippen molar-refractivity contribution in [2.24, 2.45) is 5.73 Å². The minimum Gasteiger partial charge on any atom is -0.329 e. The second-order valence-corrected chi connectivity index (χ2v) is 4.29. The quantitative estimate of drug-likeness (QED) is 0.796. The van der Waals surface area contributed by atoms with E-state index in [-0.39, 0.29) is 13.0 Å². The highest BCUT2D eigenvalue weighted by Crippen LogP contribution is 2.62. The Kier molecular flexibility index (Phi) is 1.72. The summed E-state index contributed by atoms with van der Waals surface area (Å²) in [6.45, 7) is 1.75. The molecule has 1 aliphatic carbocycles. The van der Waals surface area contributed by atoms with Gasteiger partial charge in [0.1, 0.15) is 0 Å². The van der Waals surface area contributed by atoms with Crippen molar-refractivity contribution in [1.29, 1.82) is 0 Å². The number of aryl methyl sites for hydroxylation is 1. The van der Waals surface area contributed by atoms with Crippen LogP contribution in [-0.4, -0.2) is 17.5 Å². The Morgan fingerprint density at radius 1 is 1.69 bits per heavy atom. The maximum absolute atomic E-state index is 13.1. The summed E-state index contributed by atoms with van der Waals surface area (Å²) < 4.78 is 26.2. The lowest BCUT2D eigenvalue weighted by molar-refractivity contribution is 0.0902. The maximum Gasteiger partial charge on any atom is 0.261 e. The SMILES string of the molecule is Cc1ncsc1C1(CN)CC1(F)F. The number of hydrogen-bond donors (Lipinski definition) is 1. The molecule has 2 rings (SSSR count). The summed E-state index contributed by atoms with van der Waals surface area (Å²) in [5.74, 6) is -2.63. The van der Waals surface area contributed by atoms with E-state index in [4.69, 9.17) is 5.73 Å². The molecular formula is C8H10F2N2S. The highest BCUT2D eigenvalue weighted by molar-refractivity contribution is 7.10. The second kappa shape index (κ2) is 2.48. The molecule has 0 amide bonds. The molecule has 1 saturated carbocycles. The molecule has 1 heterocycles. The fraction of sp³-hybridized carbons (Fsp3) is 0.625. The van der Waals surface area contributed by atoms with E-state index in [0.717, 1.165) is 0 Å². The van der Waals surface area contributed by atoms with Gasteiger partial charge in [-0.1, -0.05) is 0 Å². The monoisotopic (exact) mass is 204 g/mol. The van der Waals surface area contributed by atoms with Crippen molar-refractivity contribution < 1.29 is 8.78 Å². The molecule has 0 radical (unpaired) electrons. The van der Waals surface area contributed by atoms with Gasteiger partial charge in [-0.25, -0.2) is 13.8 Å². The first-order chi connectivity index (χ1) is 6.03. The molecule has 1 aromatic rings. The van der Waals surface area contributed by atoms with E-state index in [0.29, 0.717) is 10.6 Å². The number of aromatic nitrogens is 1. The molecule has 0 spiro atoms. The van der Waals surface area contributed by atoms with E-state index in [2.05, 4.69) is 4.98 Å². The van der Waals surface area contributed by atoms with Crippen molar-refractivity contribution >= 4 is 11.3 Å². The average Bonchev–Trinajstić information content (AvgIpc) is 2.43. The summed E-state index contributed by atoms with van der Waals surface area (Å²) >= 11 is 1.27. The molecule has 1 atom stereocenters. The van der Waals surface area contributed by atoms with E-state index in [1.807, 2.05) is 0 Å². The average molecular weight is 204 g/mol. The van der Waals surface area contributed by atoms with Gasteiger partial charge in [0.25, 0.3) is 5.92 Å². The molecule has 2 N–H and O–H groups in total. The van der Waals surface area contributed by atoms with Crippen molar-refractivity contribution in [1.82, 2.24) is 4.98 Å². The van der Waals surface area contributed by atoms with E-state index >= 15 is 0 Å². The van der Waals surface area contributed by atoms with Crippen LogP contribution >= 0.6 is 11.3 Å². The summed E-state index contributed by atoms with van der Waals surface area (Å²) in [6, 6.07) is 0. The van der Waals surface area contributed by atoms with Gasteiger partial charge in [0.2, 0.25) is 0 Å². The lowest BCUT2D eigenvalue weighted by Crippen LogP contribution is -2.26. The van der Waals surface area contributed by atoms with E-state index in [9.17, 15) is 8.78 Å². The molecule has 0 saturated heterocycles. The number of alkyl halides is 2. The largest absolute Gasteiger partial charge is 0.329 e. The van der Waals surface area contributed by atoms with Crippen LogP contribution in [0.15, 0.2) is 5.51 Å². The minimum atomic E-state index is -2.63. The topological polar surface area (TPSA) is 38.9 Å². The van der Waals surface area contributed by atoms with Crippen LogP contribution in [0.5, 0.6) is 0 Å². The Balaban J connectivity index is 2.41. The van der Waals surface area contributed by atoms with Crippen LogP contribution in [0.4, 0.5) is 8.78 Å². The van der Waals surface area contributed by atoms with E-state index < -0.39 is 11.3 Å². The van der Waals surface area contributed by atoms with Crippen molar-refractivity contribution in [3.8, 4) is 0 Å². The lowest BCUT2D eigenvalue weighted by Gasteiger charge is -2.11. The first-order valence-electron chi connectivity index (χ1n) is 4.02. The number of nitrogens with zero attached hydrogens (tertiary/aromatic N) is 1. The normalized spacial score (nSPS) is 30.5. The molecule has 0 aliphatic heterocycles. The summed E-state index contributed by atoms with van der Waals surface area (Å²) in [7, 11) is 0. The molecule has 13 heavy (non-hydrogen) atoms. The van der Waals surface area contributed by atoms with Gasteiger partial charge in [-0.05, 0) is 6.92 Å². The van der Waals surface area contributed by atoms with Crippen LogP contribution in [0.25, 0.3) is 0 Å². The molecule has 1 unspecified atom stereocenters. The van der Waals surface area contributed by atoms with Gasteiger partial charge in [-0.2, -0.15) is 0 Å². The second-order valence-electron chi connectivity index (χ2n) is 3.43. The Labute approximate surface area is 78.8 Å². The zero-order valence-electron chi connectivity index (χ0n) is 7.18. The molecule has 72 valence electrons. The van der Waals surface area contributed by atoms with Gasteiger partial charge in [0.05, 0.1) is 16.6 Å². The summed E-state index contributed by atoms with van der Waals surface area (Å²) in [6.07, 6.45) is -0.125. The number of hydrogen-bond acceptors (Lipinski definition) is 3. The smallest absolute Gasteiger partial charge is 0.261 e. The third-order valence-electron chi connectivity index (χ3n) is 2.63. The first kappa shape index (κ1) is 9.02. The lowest BCUT2D eigenvalue weighted by atomic mass is 10.0. The molecule has 5 heteroatoms. The van der Waals surface area contributed by atoms with Crippen LogP contribution in [0, 0.1) is 6.92 Å². The fourth-order valence-corrected chi connectivity index (χ4v) is 2.73. The number of halogens is 2. The zero-order chi connectivity index (χ0) is 9.69. The van der Waals surface area contributed by atoms with Gasteiger partial charge < -0.3 is 5.73 Å². The standard InChI is InChI=1S/C8H10F2N2S/c1-5-6(13-4-12-5)7(3-11)2-8(7,9)10/h4H,2-3,11H2,1H3. The Morgan fingerprint density at radius 3 is 2.62 bits per heavy atom. The van der Waals surface area contributed by atoms with Gasteiger partial charge in [-0.3, -0.25) is 0 Å². The highest BCUT2D eigenvalue weighted by Gasteiger charge is 2.72. The highest BCUT2D eigenvalue weighted by atomic mass is 32.1. The third kappa shape index (κ3) is 1.03. The van der Waals surface area contributed by atoms with E-state index in [1.165, 1.54) is 11.3 Å². The predicted octanol–water partition coefficient (Wildman–Crippen LogP) is 1.69. The summed E-state index contributed by atoms with van der Waals surface area (Å²) in [5.41, 5.74) is 6.59. The molecule has 2 nitrogen and oxygen atoms in total. The number of nitrogens with two attached hydrogens (primary N) is 1. The van der Waals surface area contributed by atoms with Gasteiger partial charge in [0, 0.05) is 17.8 Å². The Morgan fingerprint density at radius 2 is 2.31 bits per heavy atom. The fourth-order valence-electron chi connectivity index (χ4n) is 1.66. The maximum atomic E-state index is 13.1. The van der Waals surface area contributed by atoms with Gasteiger partial charge >= 0.3 is 0 Å². The number of thiazole rings is 1. The van der Waals surface area contributed by atoms with Crippen LogP contribution in [0.1, 0.15) is 17.0 Å². The zero-order valence-corrected chi connectivity index (χ0v) is 8.00. The van der Waals surface area contributed by atoms with Crippen molar-refractivity contribution in [2.45, 2.75) is 24.7 Å². The molecule has 0 aromatic carbocycles. The van der Waals surface area contributed by atoms with Gasteiger partial charge in [-0.15, -0.1) is 11.3 Å². The Hall–Kier alpha value is -0.550. The van der Waals surface area contributed by atoms with E-state index in [1.54, 1.807) is 12.4 Å². The molecule has 1 aliphatic rings. The van der Waals surface area contributed by atoms with Crippen LogP contribution in [-0.2, 0) is 5.41 Å². The molecule has 1 fully saturated rings. The Bertz CT molecular complexity index is 337. The third-order valence-corrected chi connectivity index (χ3v) is 3.76. The summed E-state index contributed by atoms with van der Waals surface area (Å²) in [4.78, 5) is 4.62. The molecular weight excluding hydrogens is 194 g/mol. The minimum absolute atomic E-state index is 0.00301. The number of rotatable bonds is 2. The van der Waals surface area contributed by atoms with Gasteiger partial charge in [0.15, 0.2) is 0 Å². The van der Waals surface area contributed by atoms with Crippen LogP contribution in [0.2, 0.25) is 0 Å². The van der Waals surface area contributed by atoms with Crippen LogP contribution in [0.3, 0.4) is 0 Å². The van der Waals surface area contributed by atoms with Crippen molar-refractivity contribution in [2.75, 3.05) is 6.54 Å². The molecule has 1 aromatic heterocycles.